The molecule has 1 aromatic carbocycles. The number of piperazine rings is 1. The predicted molar refractivity (Wildman–Crippen MR) is 111 cm³/mol. The number of aliphatic hydroxyl groups excluding tert-OH is 1. The van der Waals surface area contributed by atoms with Gasteiger partial charge in [0.1, 0.15) is 11.4 Å². The molecule has 0 aromatic heterocycles. The molecule has 2 aliphatic rings. The van der Waals surface area contributed by atoms with Gasteiger partial charge < -0.3 is 14.7 Å². The Morgan fingerprint density at radius 1 is 1.03 bits per heavy atom. The Hall–Kier alpha value is -2.38. The van der Waals surface area contributed by atoms with E-state index in [0.29, 0.717) is 50.0 Å². The van der Waals surface area contributed by atoms with E-state index in [-0.39, 0.29) is 18.4 Å². The van der Waals surface area contributed by atoms with Crippen LogP contribution in [0, 0.1) is 5.92 Å². The number of nitrogens with zero attached hydrogens (tertiary/aromatic N) is 3. The smallest absolute Gasteiger partial charge is 0.277 e. The minimum absolute atomic E-state index is 0.125. The molecule has 29 heavy (non-hydrogen) atoms. The quantitative estimate of drug-likeness (QED) is 0.665. The van der Waals surface area contributed by atoms with E-state index >= 15 is 0 Å². The van der Waals surface area contributed by atoms with E-state index in [1.165, 1.54) is 4.90 Å². The number of ether oxygens (including phenoxy) is 1. The molecule has 1 fully saturated rings. The number of likely N-dealkylation sites (N-methyl/N-ethyl adjacent to an activating group) is 1. The van der Waals surface area contributed by atoms with Crippen molar-refractivity contribution in [1.82, 2.24) is 14.7 Å². The molecule has 1 N–H and O–H groups in total. The van der Waals surface area contributed by atoms with E-state index in [2.05, 4.69) is 18.7 Å². The summed E-state index contributed by atoms with van der Waals surface area (Å²) in [6.45, 7) is 10.6. The minimum atomic E-state index is -0.235. The van der Waals surface area contributed by atoms with Gasteiger partial charge in [0.25, 0.3) is 11.8 Å². The number of carbonyl (C=O) groups excluding carboxylic acids is 2. The highest BCUT2D eigenvalue weighted by atomic mass is 16.5. The lowest BCUT2D eigenvalue weighted by Crippen LogP contribution is -2.48. The second-order valence-corrected chi connectivity index (χ2v) is 7.86. The van der Waals surface area contributed by atoms with Gasteiger partial charge >= 0.3 is 0 Å². The Morgan fingerprint density at radius 3 is 2.24 bits per heavy atom. The number of benzene rings is 1. The highest BCUT2D eigenvalue weighted by molar-refractivity contribution is 6.35. The molecule has 7 heteroatoms. The van der Waals surface area contributed by atoms with Crippen molar-refractivity contribution in [3.8, 4) is 5.75 Å². The number of carbonyl (C=O) groups is 2. The summed E-state index contributed by atoms with van der Waals surface area (Å²) in [7, 11) is 0. The van der Waals surface area contributed by atoms with E-state index in [0.717, 1.165) is 24.4 Å². The first-order valence-corrected chi connectivity index (χ1v) is 10.4. The maximum Gasteiger partial charge on any atom is 0.277 e. The third-order valence-corrected chi connectivity index (χ3v) is 5.29. The fourth-order valence-corrected chi connectivity index (χ4v) is 3.72. The summed E-state index contributed by atoms with van der Waals surface area (Å²) in [6.07, 6.45) is 0. The Morgan fingerprint density at radius 2 is 1.69 bits per heavy atom. The molecule has 0 aliphatic carbocycles. The van der Waals surface area contributed by atoms with Crippen molar-refractivity contribution in [2.45, 2.75) is 20.8 Å². The first kappa shape index (κ1) is 21.3. The van der Waals surface area contributed by atoms with Crippen molar-refractivity contribution in [1.29, 1.82) is 0 Å². The lowest BCUT2D eigenvalue weighted by molar-refractivity contribution is -0.137. The molecule has 3 rings (SSSR count). The SMILES string of the molecule is CCN1C(=O)C(c2ccc(OCC(C)C)cc2)=C(N2CCN(CCO)CC2)C1=O. The van der Waals surface area contributed by atoms with Gasteiger partial charge in [-0.3, -0.25) is 19.4 Å². The van der Waals surface area contributed by atoms with Gasteiger partial charge in [-0.1, -0.05) is 26.0 Å². The zero-order valence-corrected chi connectivity index (χ0v) is 17.6. The average Bonchev–Trinajstić information content (AvgIpc) is 2.97. The van der Waals surface area contributed by atoms with Crippen molar-refractivity contribution >= 4 is 17.4 Å². The number of hydrogen-bond acceptors (Lipinski definition) is 6. The number of imide groups is 1. The van der Waals surface area contributed by atoms with Gasteiger partial charge in [-0.2, -0.15) is 0 Å². The zero-order valence-electron chi connectivity index (χ0n) is 17.6. The molecule has 1 aromatic rings. The fourth-order valence-electron chi connectivity index (χ4n) is 3.72. The van der Waals surface area contributed by atoms with Crippen LogP contribution in [0.5, 0.6) is 5.75 Å². The molecule has 0 atom stereocenters. The fraction of sp³-hybridized carbons (Fsp3) is 0.545. The molecule has 0 unspecified atom stereocenters. The lowest BCUT2D eigenvalue weighted by atomic mass is 10.0. The van der Waals surface area contributed by atoms with Crippen LogP contribution in [0.2, 0.25) is 0 Å². The number of hydrogen-bond donors (Lipinski definition) is 1. The molecule has 0 spiro atoms. The topological polar surface area (TPSA) is 73.3 Å². The van der Waals surface area contributed by atoms with Crippen LogP contribution in [0.25, 0.3) is 5.57 Å². The summed E-state index contributed by atoms with van der Waals surface area (Å²) in [5, 5.41) is 9.14. The zero-order chi connectivity index (χ0) is 21.0. The minimum Gasteiger partial charge on any atom is -0.493 e. The highest BCUT2D eigenvalue weighted by Gasteiger charge is 2.41. The van der Waals surface area contributed by atoms with Gasteiger partial charge in [0, 0.05) is 39.3 Å². The van der Waals surface area contributed by atoms with Crippen molar-refractivity contribution in [3.63, 3.8) is 0 Å². The van der Waals surface area contributed by atoms with E-state index < -0.39 is 0 Å². The van der Waals surface area contributed by atoms with Crippen molar-refractivity contribution in [2.24, 2.45) is 5.92 Å². The third kappa shape index (κ3) is 4.62. The molecule has 2 amide bonds. The maximum atomic E-state index is 13.0. The Balaban J connectivity index is 1.87. The van der Waals surface area contributed by atoms with Crippen LogP contribution in [-0.4, -0.2) is 84.1 Å². The summed E-state index contributed by atoms with van der Waals surface area (Å²) in [4.78, 5) is 31.5. The molecule has 0 bridgehead atoms. The van der Waals surface area contributed by atoms with Crippen LogP contribution in [0.1, 0.15) is 26.3 Å². The van der Waals surface area contributed by atoms with Gasteiger partial charge in [-0.25, -0.2) is 0 Å². The van der Waals surface area contributed by atoms with Crippen LogP contribution in [-0.2, 0) is 9.59 Å². The summed E-state index contributed by atoms with van der Waals surface area (Å²) >= 11 is 0. The van der Waals surface area contributed by atoms with Crippen molar-refractivity contribution < 1.29 is 19.4 Å². The van der Waals surface area contributed by atoms with Crippen molar-refractivity contribution in [3.05, 3.63) is 35.5 Å². The number of amides is 2. The Bertz CT molecular complexity index is 765. The van der Waals surface area contributed by atoms with Crippen molar-refractivity contribution in [2.75, 3.05) is 52.5 Å². The normalized spacial score (nSPS) is 18.4. The molecule has 0 radical (unpaired) electrons. The summed E-state index contributed by atoms with van der Waals surface area (Å²) < 4.78 is 5.74. The molecule has 2 heterocycles. The standard InChI is InChI=1S/C22H31N3O4/c1-4-25-21(27)19(17-5-7-18(8-6-17)29-15-16(2)3)20(22(25)28)24-11-9-23(10-12-24)13-14-26/h5-8,16,26H,4,9-15H2,1-3H3. The first-order valence-electron chi connectivity index (χ1n) is 10.4. The summed E-state index contributed by atoms with van der Waals surface area (Å²) in [5.74, 6) is 0.733. The van der Waals surface area contributed by atoms with Gasteiger partial charge in [0.2, 0.25) is 0 Å². The van der Waals surface area contributed by atoms with E-state index in [1.54, 1.807) is 0 Å². The van der Waals surface area contributed by atoms with Crippen LogP contribution in [0.3, 0.4) is 0 Å². The number of rotatable bonds is 8. The summed E-state index contributed by atoms with van der Waals surface area (Å²) in [6, 6.07) is 7.43. The Kier molecular flexibility index (Phi) is 6.92. The number of aliphatic hydroxyl groups is 1. The molecule has 1 saturated heterocycles. The first-order chi connectivity index (χ1) is 14.0. The molecular formula is C22H31N3O4. The lowest BCUT2D eigenvalue weighted by Gasteiger charge is -2.36. The van der Waals surface area contributed by atoms with Gasteiger partial charge in [0.05, 0.1) is 18.8 Å². The average molecular weight is 402 g/mol. The van der Waals surface area contributed by atoms with Crippen LogP contribution >= 0.6 is 0 Å². The van der Waals surface area contributed by atoms with E-state index in [9.17, 15) is 9.59 Å². The van der Waals surface area contributed by atoms with Crippen LogP contribution in [0.15, 0.2) is 30.0 Å². The molecule has 158 valence electrons. The van der Waals surface area contributed by atoms with Gasteiger partial charge in [-0.15, -0.1) is 0 Å². The van der Waals surface area contributed by atoms with E-state index in [1.807, 2.05) is 36.1 Å². The second kappa shape index (κ2) is 9.41. The Labute approximate surface area is 172 Å². The maximum absolute atomic E-state index is 13.0. The largest absolute Gasteiger partial charge is 0.493 e. The molecular weight excluding hydrogens is 370 g/mol. The second-order valence-electron chi connectivity index (χ2n) is 7.86. The van der Waals surface area contributed by atoms with Gasteiger partial charge in [-0.05, 0) is 30.5 Å². The highest BCUT2D eigenvalue weighted by Crippen LogP contribution is 2.32. The number of β-amino-alcohol motifs (C(OH)–C–C–N with tert-alkyl or cyclic N) is 1. The van der Waals surface area contributed by atoms with Crippen LogP contribution < -0.4 is 4.74 Å². The van der Waals surface area contributed by atoms with Crippen LogP contribution in [0.4, 0.5) is 0 Å². The van der Waals surface area contributed by atoms with Gasteiger partial charge in [0.15, 0.2) is 0 Å². The van der Waals surface area contributed by atoms with E-state index in [4.69, 9.17) is 9.84 Å². The molecule has 2 aliphatic heterocycles. The molecule has 0 saturated carbocycles. The summed E-state index contributed by atoms with van der Waals surface area (Å²) in [5.41, 5.74) is 1.71. The monoisotopic (exact) mass is 401 g/mol. The predicted octanol–water partition coefficient (Wildman–Crippen LogP) is 1.43. The molecule has 7 nitrogen and oxygen atoms in total. The third-order valence-electron chi connectivity index (χ3n) is 5.29.